The number of rotatable bonds is 0. The van der Waals surface area contributed by atoms with Crippen molar-refractivity contribution in [3.63, 3.8) is 0 Å². The van der Waals surface area contributed by atoms with Crippen molar-refractivity contribution in [1.29, 1.82) is 0 Å². The largest absolute Gasteiger partial charge is 0.393 e. The van der Waals surface area contributed by atoms with Crippen LogP contribution in [0.4, 0.5) is 0 Å². The van der Waals surface area contributed by atoms with Gasteiger partial charge in [-0.1, -0.05) is 13.8 Å². The Bertz CT molecular complexity index is 70.5. The Morgan fingerprint density at radius 3 is 2.00 bits per heavy atom. The molecule has 0 amide bonds. The normalized spacial score (nSPS) is 47.6. The molecule has 0 radical (unpaired) electrons. The van der Waals surface area contributed by atoms with E-state index in [0.717, 1.165) is 12.3 Å². The van der Waals surface area contributed by atoms with Gasteiger partial charge in [0.05, 0.1) is 6.10 Å². The lowest BCUT2D eigenvalue weighted by atomic mass is 10.00. The van der Waals surface area contributed by atoms with E-state index in [0.29, 0.717) is 5.92 Å². The van der Waals surface area contributed by atoms with E-state index in [1.807, 2.05) is 0 Å². The van der Waals surface area contributed by atoms with Crippen molar-refractivity contribution < 1.29 is 5.11 Å². The zero-order chi connectivity index (χ0) is 6.15. The average molecular weight is 114 g/mol. The molecule has 1 unspecified atom stereocenters. The fraction of sp³-hybridized carbons (Fsp3) is 1.00. The summed E-state index contributed by atoms with van der Waals surface area (Å²) in [5.41, 5.74) is 0. The van der Waals surface area contributed by atoms with Crippen LogP contribution < -0.4 is 0 Å². The first-order valence-electron chi connectivity index (χ1n) is 3.40. The zero-order valence-electron chi connectivity index (χ0n) is 5.59. The van der Waals surface area contributed by atoms with Crippen LogP contribution >= 0.6 is 0 Å². The van der Waals surface area contributed by atoms with Gasteiger partial charge in [0.1, 0.15) is 0 Å². The summed E-state index contributed by atoms with van der Waals surface area (Å²) in [6.07, 6.45) is 2.22. The molecule has 1 fully saturated rings. The first-order chi connectivity index (χ1) is 3.72. The maximum absolute atomic E-state index is 9.17. The Hall–Kier alpha value is -0.0400. The molecule has 0 aromatic heterocycles. The van der Waals surface area contributed by atoms with Crippen LogP contribution in [-0.4, -0.2) is 11.2 Å². The van der Waals surface area contributed by atoms with Gasteiger partial charge < -0.3 is 5.11 Å². The van der Waals surface area contributed by atoms with Crippen molar-refractivity contribution >= 4 is 0 Å². The van der Waals surface area contributed by atoms with E-state index >= 15 is 0 Å². The molecule has 8 heavy (non-hydrogen) atoms. The molecule has 1 N–H and O–H groups in total. The molecule has 0 bridgehead atoms. The lowest BCUT2D eigenvalue weighted by molar-refractivity contribution is 0.130. The quantitative estimate of drug-likeness (QED) is 0.505. The van der Waals surface area contributed by atoms with Crippen molar-refractivity contribution in [3.8, 4) is 0 Å². The summed E-state index contributed by atoms with van der Waals surface area (Å²) in [6.45, 7) is 4.34. The smallest absolute Gasteiger partial charge is 0.0568 e. The molecule has 1 nitrogen and oxygen atoms in total. The van der Waals surface area contributed by atoms with Gasteiger partial charge in [-0.3, -0.25) is 0 Å². The third kappa shape index (κ3) is 0.873. The lowest BCUT2D eigenvalue weighted by Crippen LogP contribution is -2.12. The molecule has 3 atom stereocenters. The van der Waals surface area contributed by atoms with Crippen LogP contribution in [0.5, 0.6) is 0 Å². The van der Waals surface area contributed by atoms with E-state index in [-0.39, 0.29) is 6.10 Å². The van der Waals surface area contributed by atoms with Gasteiger partial charge in [0.15, 0.2) is 0 Å². The predicted octanol–water partition coefficient (Wildman–Crippen LogP) is 1.41. The van der Waals surface area contributed by atoms with Gasteiger partial charge in [-0.05, 0) is 24.7 Å². The molecule has 0 aliphatic heterocycles. The van der Waals surface area contributed by atoms with Crippen LogP contribution in [0.1, 0.15) is 26.7 Å². The van der Waals surface area contributed by atoms with E-state index in [1.165, 1.54) is 6.42 Å². The van der Waals surface area contributed by atoms with E-state index in [1.54, 1.807) is 0 Å². The number of hydrogen-bond acceptors (Lipinski definition) is 1. The van der Waals surface area contributed by atoms with Crippen LogP contribution in [-0.2, 0) is 0 Å². The second kappa shape index (κ2) is 2.06. The molecular weight excluding hydrogens is 100 g/mol. The lowest BCUT2D eigenvalue weighted by Gasteiger charge is -2.10. The summed E-state index contributed by atoms with van der Waals surface area (Å²) in [6, 6.07) is 0. The minimum Gasteiger partial charge on any atom is -0.393 e. The van der Waals surface area contributed by atoms with Crippen molar-refractivity contribution in [2.75, 3.05) is 0 Å². The van der Waals surface area contributed by atoms with Gasteiger partial charge in [-0.15, -0.1) is 0 Å². The Morgan fingerprint density at radius 1 is 1.25 bits per heavy atom. The van der Waals surface area contributed by atoms with Crippen molar-refractivity contribution in [3.05, 3.63) is 0 Å². The van der Waals surface area contributed by atoms with Gasteiger partial charge in [0, 0.05) is 0 Å². The third-order valence-corrected chi connectivity index (χ3v) is 2.42. The van der Waals surface area contributed by atoms with Crippen molar-refractivity contribution in [1.82, 2.24) is 0 Å². The van der Waals surface area contributed by atoms with E-state index in [2.05, 4.69) is 13.8 Å². The second-order valence-electron chi connectivity index (χ2n) is 2.98. The summed E-state index contributed by atoms with van der Waals surface area (Å²) >= 11 is 0. The monoisotopic (exact) mass is 114 g/mol. The first-order valence-corrected chi connectivity index (χ1v) is 3.40. The molecule has 0 aromatic carbocycles. The molecule has 48 valence electrons. The molecule has 0 saturated heterocycles. The maximum Gasteiger partial charge on any atom is 0.0568 e. The molecule has 1 aliphatic rings. The summed E-state index contributed by atoms with van der Waals surface area (Å²) in [5, 5.41) is 9.17. The molecule has 0 heterocycles. The first kappa shape index (κ1) is 6.09. The summed E-state index contributed by atoms with van der Waals surface area (Å²) in [4.78, 5) is 0. The molecule has 1 heteroatoms. The maximum atomic E-state index is 9.17. The number of aliphatic hydroxyl groups excluding tert-OH is 1. The summed E-state index contributed by atoms with van der Waals surface area (Å²) < 4.78 is 0. The van der Waals surface area contributed by atoms with Gasteiger partial charge in [-0.25, -0.2) is 0 Å². The van der Waals surface area contributed by atoms with Crippen molar-refractivity contribution in [2.45, 2.75) is 32.8 Å². The van der Waals surface area contributed by atoms with Crippen LogP contribution in [0.3, 0.4) is 0 Å². The highest BCUT2D eigenvalue weighted by Gasteiger charge is 2.27. The molecule has 1 saturated carbocycles. The highest BCUT2D eigenvalue weighted by atomic mass is 16.3. The molecule has 0 aromatic rings. The molecular formula is C7H14O. The summed E-state index contributed by atoms with van der Waals surface area (Å²) in [5.74, 6) is 1.28. The fourth-order valence-corrected chi connectivity index (χ4v) is 1.34. The second-order valence-corrected chi connectivity index (χ2v) is 2.98. The predicted molar refractivity (Wildman–Crippen MR) is 33.6 cm³/mol. The van der Waals surface area contributed by atoms with Gasteiger partial charge >= 0.3 is 0 Å². The molecule has 0 spiro atoms. The Balaban J connectivity index is 2.44. The standard InChI is InChI=1S/C7H14O/c1-5-3-4-7(8)6(5)2/h5-8H,3-4H2,1-2H3/t5-,6+,7?/m0/s1. The number of hydrogen-bond donors (Lipinski definition) is 1. The Labute approximate surface area is 50.7 Å². The van der Waals surface area contributed by atoms with Crippen LogP contribution in [0.15, 0.2) is 0 Å². The summed E-state index contributed by atoms with van der Waals surface area (Å²) in [7, 11) is 0. The third-order valence-electron chi connectivity index (χ3n) is 2.42. The SMILES string of the molecule is C[C@H]1CCC(O)[C@@H]1C. The Kier molecular flexibility index (Phi) is 1.57. The van der Waals surface area contributed by atoms with Gasteiger partial charge in [-0.2, -0.15) is 0 Å². The van der Waals surface area contributed by atoms with Gasteiger partial charge in [0.25, 0.3) is 0 Å². The van der Waals surface area contributed by atoms with Gasteiger partial charge in [0.2, 0.25) is 0 Å². The van der Waals surface area contributed by atoms with E-state index in [9.17, 15) is 0 Å². The Morgan fingerprint density at radius 2 is 1.88 bits per heavy atom. The average Bonchev–Trinajstić information content (AvgIpc) is 1.98. The minimum absolute atomic E-state index is 0.00926. The highest BCUT2D eigenvalue weighted by molar-refractivity contribution is 4.78. The van der Waals surface area contributed by atoms with Crippen LogP contribution in [0.2, 0.25) is 0 Å². The highest BCUT2D eigenvalue weighted by Crippen LogP contribution is 2.30. The zero-order valence-corrected chi connectivity index (χ0v) is 5.59. The van der Waals surface area contributed by atoms with Crippen molar-refractivity contribution in [2.24, 2.45) is 11.8 Å². The minimum atomic E-state index is -0.00926. The fourth-order valence-electron chi connectivity index (χ4n) is 1.34. The van der Waals surface area contributed by atoms with Crippen LogP contribution in [0, 0.1) is 11.8 Å². The molecule has 1 aliphatic carbocycles. The molecule has 1 rings (SSSR count). The number of aliphatic hydroxyl groups is 1. The van der Waals surface area contributed by atoms with E-state index < -0.39 is 0 Å². The van der Waals surface area contributed by atoms with E-state index in [4.69, 9.17) is 5.11 Å². The van der Waals surface area contributed by atoms with Crippen LogP contribution in [0.25, 0.3) is 0 Å². The topological polar surface area (TPSA) is 20.2 Å².